The molecule has 2 aromatic rings. The van der Waals surface area contributed by atoms with Crippen LogP contribution in [-0.4, -0.2) is 34.7 Å². The molecule has 0 bridgehead atoms. The lowest BCUT2D eigenvalue weighted by Crippen LogP contribution is -2.32. The summed E-state index contributed by atoms with van der Waals surface area (Å²) in [5.74, 6) is 0.558. The Morgan fingerprint density at radius 2 is 2.12 bits per heavy atom. The van der Waals surface area contributed by atoms with Gasteiger partial charge in [0.2, 0.25) is 11.7 Å². The highest BCUT2D eigenvalue weighted by Crippen LogP contribution is 2.35. The predicted octanol–water partition coefficient (Wildman–Crippen LogP) is 3.91. The molecule has 1 aromatic heterocycles. The van der Waals surface area contributed by atoms with Crippen LogP contribution >= 0.6 is 12.4 Å². The van der Waals surface area contributed by atoms with Crippen molar-refractivity contribution in [3.8, 4) is 11.4 Å². The van der Waals surface area contributed by atoms with E-state index < -0.39 is 11.7 Å². The number of nitrogens with two attached hydrogens (primary N) is 1. The Bertz CT molecular complexity index is 752. The van der Waals surface area contributed by atoms with E-state index >= 15 is 0 Å². The number of likely N-dealkylation sites (tertiary alicyclic amines) is 1. The zero-order valence-electron chi connectivity index (χ0n) is 14.6. The third-order valence-corrected chi connectivity index (χ3v) is 4.88. The minimum atomic E-state index is -4.40. The largest absolute Gasteiger partial charge is 0.416 e. The van der Waals surface area contributed by atoms with Gasteiger partial charge in [-0.05, 0) is 44.0 Å². The number of hydrogen-bond acceptors (Lipinski definition) is 5. The topological polar surface area (TPSA) is 68.2 Å². The molecule has 5 nitrogen and oxygen atoms in total. The Morgan fingerprint density at radius 1 is 1.38 bits per heavy atom. The second-order valence-electron chi connectivity index (χ2n) is 6.95. The van der Waals surface area contributed by atoms with Gasteiger partial charge in [0.1, 0.15) is 0 Å². The first kappa shape index (κ1) is 20.7. The summed E-state index contributed by atoms with van der Waals surface area (Å²) >= 11 is 0. The van der Waals surface area contributed by atoms with Gasteiger partial charge in [0.05, 0.1) is 11.6 Å². The summed E-state index contributed by atoms with van der Waals surface area (Å²) in [6, 6.07) is 4.81. The van der Waals surface area contributed by atoms with Crippen molar-refractivity contribution < 1.29 is 17.7 Å². The van der Waals surface area contributed by atoms with Gasteiger partial charge in [0.15, 0.2) is 0 Å². The highest BCUT2D eigenvalue weighted by molar-refractivity contribution is 5.85. The van der Waals surface area contributed by atoms with Crippen molar-refractivity contribution in [3.05, 3.63) is 35.7 Å². The highest BCUT2D eigenvalue weighted by atomic mass is 35.5. The van der Waals surface area contributed by atoms with Crippen molar-refractivity contribution in [3.63, 3.8) is 0 Å². The molecule has 2 unspecified atom stereocenters. The number of rotatable bonds is 4. The normalized spacial score (nSPS) is 22.2. The molecule has 3 rings (SSSR count). The number of hydrogen-bond donors (Lipinski definition) is 1. The Morgan fingerprint density at radius 3 is 2.73 bits per heavy atom. The summed E-state index contributed by atoms with van der Waals surface area (Å²) in [5.41, 5.74) is 5.45. The molecule has 0 aliphatic carbocycles. The summed E-state index contributed by atoms with van der Waals surface area (Å²) in [5, 5.41) is 3.85. The smallest absolute Gasteiger partial charge is 0.337 e. The molecule has 1 aliphatic rings. The summed E-state index contributed by atoms with van der Waals surface area (Å²) in [7, 11) is 0. The van der Waals surface area contributed by atoms with Crippen LogP contribution in [0.1, 0.15) is 37.8 Å². The lowest BCUT2D eigenvalue weighted by atomic mass is 9.90. The van der Waals surface area contributed by atoms with Crippen LogP contribution in [0, 0.1) is 5.41 Å². The maximum absolute atomic E-state index is 12.8. The molecule has 0 radical (unpaired) electrons. The average Bonchev–Trinajstić information content (AvgIpc) is 3.21. The maximum atomic E-state index is 12.8. The first-order valence-electron chi connectivity index (χ1n) is 8.17. The van der Waals surface area contributed by atoms with Crippen LogP contribution < -0.4 is 5.73 Å². The lowest BCUT2D eigenvalue weighted by molar-refractivity contribution is -0.137. The predicted molar refractivity (Wildman–Crippen MR) is 93.8 cm³/mol. The van der Waals surface area contributed by atoms with Crippen molar-refractivity contribution in [2.75, 3.05) is 19.6 Å². The standard InChI is InChI=1S/C17H21F3N4O.ClH/c1-11(24-7-6-16(2,9-21)10-24)15-22-14(23-25-15)12-4-3-5-13(8-12)17(18,19)20;/h3-5,8,11H,6-7,9-10,21H2,1-2H3;1H. The Kier molecular flexibility index (Phi) is 5.99. The molecule has 1 aliphatic heterocycles. The molecule has 0 spiro atoms. The van der Waals surface area contributed by atoms with Crippen LogP contribution in [0.5, 0.6) is 0 Å². The van der Waals surface area contributed by atoms with Crippen LogP contribution in [0.15, 0.2) is 28.8 Å². The fraction of sp³-hybridized carbons (Fsp3) is 0.529. The van der Waals surface area contributed by atoms with Gasteiger partial charge in [0, 0.05) is 12.1 Å². The maximum Gasteiger partial charge on any atom is 0.416 e. The number of halogens is 4. The van der Waals surface area contributed by atoms with E-state index in [-0.39, 0.29) is 35.3 Å². The van der Waals surface area contributed by atoms with Crippen LogP contribution in [-0.2, 0) is 6.18 Å². The second-order valence-corrected chi connectivity index (χ2v) is 6.95. The lowest BCUT2D eigenvalue weighted by Gasteiger charge is -2.25. The fourth-order valence-electron chi connectivity index (χ4n) is 3.07. The molecule has 0 amide bonds. The van der Waals surface area contributed by atoms with Crippen LogP contribution in [0.2, 0.25) is 0 Å². The number of benzene rings is 1. The molecule has 2 atom stereocenters. The monoisotopic (exact) mass is 390 g/mol. The van der Waals surface area contributed by atoms with E-state index in [1.807, 2.05) is 6.92 Å². The molecule has 144 valence electrons. The van der Waals surface area contributed by atoms with Crippen molar-refractivity contribution >= 4 is 12.4 Å². The number of alkyl halides is 3. The first-order valence-corrected chi connectivity index (χ1v) is 8.17. The van der Waals surface area contributed by atoms with Gasteiger partial charge in [0.25, 0.3) is 0 Å². The summed E-state index contributed by atoms with van der Waals surface area (Å²) in [4.78, 5) is 6.51. The zero-order valence-corrected chi connectivity index (χ0v) is 15.4. The van der Waals surface area contributed by atoms with E-state index in [9.17, 15) is 13.2 Å². The van der Waals surface area contributed by atoms with Gasteiger partial charge < -0.3 is 10.3 Å². The number of nitrogens with zero attached hydrogens (tertiary/aromatic N) is 3. The zero-order chi connectivity index (χ0) is 18.2. The second kappa shape index (κ2) is 7.54. The Hall–Kier alpha value is -1.64. The van der Waals surface area contributed by atoms with Gasteiger partial charge in [-0.25, -0.2) is 0 Å². The van der Waals surface area contributed by atoms with Crippen LogP contribution in [0.4, 0.5) is 13.2 Å². The average molecular weight is 391 g/mol. The molecule has 1 fully saturated rings. The van der Waals surface area contributed by atoms with Crippen LogP contribution in [0.25, 0.3) is 11.4 Å². The molecule has 1 saturated heterocycles. The first-order chi connectivity index (χ1) is 11.7. The third-order valence-electron chi connectivity index (χ3n) is 4.88. The molecule has 9 heteroatoms. The Labute approximate surface area is 156 Å². The van der Waals surface area contributed by atoms with Crippen molar-refractivity contribution in [2.45, 2.75) is 32.5 Å². The third kappa shape index (κ3) is 4.19. The van der Waals surface area contributed by atoms with E-state index in [1.165, 1.54) is 12.1 Å². The van der Waals surface area contributed by atoms with Crippen molar-refractivity contribution in [1.29, 1.82) is 0 Å². The van der Waals surface area contributed by atoms with Gasteiger partial charge in [-0.2, -0.15) is 18.2 Å². The fourth-order valence-corrected chi connectivity index (χ4v) is 3.07. The quantitative estimate of drug-likeness (QED) is 0.857. The van der Waals surface area contributed by atoms with Gasteiger partial charge in [-0.1, -0.05) is 24.2 Å². The summed E-state index contributed by atoms with van der Waals surface area (Å²) < 4.78 is 43.8. The van der Waals surface area contributed by atoms with E-state index in [0.29, 0.717) is 12.4 Å². The minimum Gasteiger partial charge on any atom is -0.337 e. The Balaban J connectivity index is 0.00000243. The van der Waals surface area contributed by atoms with Crippen molar-refractivity contribution in [1.82, 2.24) is 15.0 Å². The van der Waals surface area contributed by atoms with Gasteiger partial charge in [-0.3, -0.25) is 4.90 Å². The number of aromatic nitrogens is 2. The van der Waals surface area contributed by atoms with Crippen molar-refractivity contribution in [2.24, 2.45) is 11.1 Å². The van der Waals surface area contributed by atoms with E-state index in [2.05, 4.69) is 22.0 Å². The molecule has 0 saturated carbocycles. The SMILES string of the molecule is CC(c1nc(-c2cccc(C(F)(F)F)c2)no1)N1CCC(C)(CN)C1.Cl. The van der Waals surface area contributed by atoms with E-state index in [0.717, 1.165) is 31.6 Å². The van der Waals surface area contributed by atoms with E-state index in [1.54, 1.807) is 0 Å². The minimum absolute atomic E-state index is 0. The summed E-state index contributed by atoms with van der Waals surface area (Å²) in [6.45, 7) is 6.39. The van der Waals surface area contributed by atoms with E-state index in [4.69, 9.17) is 10.3 Å². The molecule has 26 heavy (non-hydrogen) atoms. The van der Waals surface area contributed by atoms with Crippen LogP contribution in [0.3, 0.4) is 0 Å². The van der Waals surface area contributed by atoms with Gasteiger partial charge >= 0.3 is 6.18 Å². The molecular weight excluding hydrogens is 369 g/mol. The van der Waals surface area contributed by atoms with Gasteiger partial charge in [-0.15, -0.1) is 12.4 Å². The summed E-state index contributed by atoms with van der Waals surface area (Å²) in [6.07, 6.45) is -3.42. The molecule has 2 heterocycles. The molecule has 2 N–H and O–H groups in total. The molecular formula is C17H22ClF3N4O. The molecule has 1 aromatic carbocycles. The highest BCUT2D eigenvalue weighted by Gasteiger charge is 2.36.